The predicted molar refractivity (Wildman–Crippen MR) is 74.8 cm³/mol. The fourth-order valence-corrected chi connectivity index (χ4v) is 2.01. The smallest absolute Gasteiger partial charge is 0.303 e. The van der Waals surface area contributed by atoms with E-state index in [2.05, 4.69) is 5.32 Å². The van der Waals surface area contributed by atoms with Gasteiger partial charge in [-0.15, -0.1) is 0 Å². The van der Waals surface area contributed by atoms with Crippen molar-refractivity contribution >= 4 is 22.8 Å². The van der Waals surface area contributed by atoms with E-state index >= 15 is 0 Å². The minimum Gasteiger partial charge on any atom is -0.481 e. The molecular weight excluding hydrogens is 258 g/mol. The van der Waals surface area contributed by atoms with E-state index in [1.165, 1.54) is 0 Å². The number of aliphatic carboxylic acids is 1. The van der Waals surface area contributed by atoms with Gasteiger partial charge in [-0.1, -0.05) is 18.2 Å². The number of amides is 1. The Bertz CT molecular complexity index is 630. The van der Waals surface area contributed by atoms with Gasteiger partial charge in [0.1, 0.15) is 5.58 Å². The van der Waals surface area contributed by atoms with Crippen LogP contribution >= 0.6 is 0 Å². The van der Waals surface area contributed by atoms with Gasteiger partial charge in [-0.25, -0.2) is 0 Å². The lowest BCUT2D eigenvalue weighted by Crippen LogP contribution is -2.24. The quantitative estimate of drug-likeness (QED) is 0.794. The van der Waals surface area contributed by atoms with E-state index in [1.54, 1.807) is 6.07 Å². The molecule has 0 saturated carbocycles. The minimum atomic E-state index is -0.816. The highest BCUT2D eigenvalue weighted by molar-refractivity contribution is 5.96. The molecule has 0 radical (unpaired) electrons. The summed E-state index contributed by atoms with van der Waals surface area (Å²) in [5, 5.41) is 12.1. The van der Waals surface area contributed by atoms with Crippen LogP contribution in [0.1, 0.15) is 35.4 Å². The van der Waals surface area contributed by atoms with Crippen molar-refractivity contribution in [3.63, 3.8) is 0 Å². The van der Waals surface area contributed by atoms with Gasteiger partial charge in [0.15, 0.2) is 5.76 Å². The van der Waals surface area contributed by atoms with Gasteiger partial charge < -0.3 is 14.8 Å². The number of benzene rings is 1. The van der Waals surface area contributed by atoms with Crippen LogP contribution in [0.2, 0.25) is 0 Å². The van der Waals surface area contributed by atoms with Crippen molar-refractivity contribution in [3.05, 3.63) is 35.6 Å². The van der Waals surface area contributed by atoms with Crippen molar-refractivity contribution in [2.24, 2.45) is 0 Å². The zero-order valence-corrected chi connectivity index (χ0v) is 11.3. The van der Waals surface area contributed by atoms with Crippen LogP contribution in [0.3, 0.4) is 0 Å². The third-order valence-electron chi connectivity index (χ3n) is 3.07. The monoisotopic (exact) mass is 275 g/mol. The molecule has 0 fully saturated rings. The van der Waals surface area contributed by atoms with Gasteiger partial charge in [0, 0.05) is 18.4 Å². The molecule has 0 saturated heterocycles. The molecule has 0 bridgehead atoms. The van der Waals surface area contributed by atoms with E-state index in [1.807, 2.05) is 25.1 Å². The first-order valence-electron chi connectivity index (χ1n) is 6.57. The van der Waals surface area contributed by atoms with Crippen LogP contribution in [0.4, 0.5) is 0 Å². The van der Waals surface area contributed by atoms with E-state index in [4.69, 9.17) is 9.52 Å². The number of para-hydroxylation sites is 1. The molecule has 1 amide bonds. The number of hydrogen-bond donors (Lipinski definition) is 2. The predicted octanol–water partition coefficient (Wildman–Crippen LogP) is 2.73. The molecule has 2 rings (SSSR count). The molecule has 0 aliphatic heterocycles. The lowest BCUT2D eigenvalue weighted by atomic mass is 10.2. The lowest BCUT2D eigenvalue weighted by Gasteiger charge is -2.01. The lowest BCUT2D eigenvalue weighted by molar-refractivity contribution is -0.137. The number of carboxylic acids is 1. The molecule has 0 aliphatic carbocycles. The second-order valence-electron chi connectivity index (χ2n) is 4.71. The Morgan fingerprint density at radius 3 is 2.80 bits per heavy atom. The molecule has 0 spiro atoms. The van der Waals surface area contributed by atoms with Crippen LogP contribution in [-0.4, -0.2) is 23.5 Å². The number of hydrogen-bond acceptors (Lipinski definition) is 3. The summed E-state index contributed by atoms with van der Waals surface area (Å²) >= 11 is 0. The maximum absolute atomic E-state index is 11.9. The maximum atomic E-state index is 11.9. The molecule has 2 aromatic rings. The summed E-state index contributed by atoms with van der Waals surface area (Å²) in [7, 11) is 0. The van der Waals surface area contributed by atoms with Crippen molar-refractivity contribution in [2.75, 3.05) is 6.54 Å². The second kappa shape index (κ2) is 6.23. The first-order valence-corrected chi connectivity index (χ1v) is 6.57. The van der Waals surface area contributed by atoms with Gasteiger partial charge >= 0.3 is 5.97 Å². The first kappa shape index (κ1) is 14.1. The van der Waals surface area contributed by atoms with Gasteiger partial charge in [0.25, 0.3) is 5.91 Å². The third kappa shape index (κ3) is 3.38. The van der Waals surface area contributed by atoms with Gasteiger partial charge in [-0.3, -0.25) is 9.59 Å². The van der Waals surface area contributed by atoms with Crippen molar-refractivity contribution < 1.29 is 19.1 Å². The van der Waals surface area contributed by atoms with Crippen LogP contribution < -0.4 is 5.32 Å². The molecular formula is C15H17NO4. The topological polar surface area (TPSA) is 79.5 Å². The number of fused-ring (bicyclic) bond motifs is 1. The minimum absolute atomic E-state index is 0.125. The molecule has 1 heterocycles. The Kier molecular flexibility index (Phi) is 4.40. The molecule has 1 aromatic carbocycles. The fourth-order valence-electron chi connectivity index (χ4n) is 2.01. The standard InChI is InChI=1S/C15H17NO4/c1-10-5-4-6-11-9-12(20-14(10)11)15(19)16-8-3-2-7-13(17)18/h4-6,9H,2-3,7-8H2,1H3,(H,16,19)(H,17,18). The third-order valence-corrected chi connectivity index (χ3v) is 3.07. The Morgan fingerprint density at radius 2 is 2.10 bits per heavy atom. The van der Waals surface area contributed by atoms with E-state index in [0.29, 0.717) is 19.4 Å². The van der Waals surface area contributed by atoms with E-state index in [9.17, 15) is 9.59 Å². The number of unbranched alkanes of at least 4 members (excludes halogenated alkanes) is 1. The highest BCUT2D eigenvalue weighted by Gasteiger charge is 2.12. The van der Waals surface area contributed by atoms with Gasteiger partial charge in [0.2, 0.25) is 0 Å². The highest BCUT2D eigenvalue weighted by Crippen LogP contribution is 2.22. The number of rotatable bonds is 6. The van der Waals surface area contributed by atoms with Crippen LogP contribution in [0, 0.1) is 6.92 Å². The number of nitrogens with one attached hydrogen (secondary N) is 1. The molecule has 0 aliphatic rings. The Hall–Kier alpha value is -2.30. The summed E-state index contributed by atoms with van der Waals surface area (Å²) in [4.78, 5) is 22.2. The summed E-state index contributed by atoms with van der Waals surface area (Å²) in [6, 6.07) is 7.46. The zero-order valence-electron chi connectivity index (χ0n) is 11.3. The van der Waals surface area contributed by atoms with Gasteiger partial charge in [-0.2, -0.15) is 0 Å². The number of furan rings is 1. The number of aryl methyl sites for hydroxylation is 1. The molecule has 106 valence electrons. The summed E-state index contributed by atoms with van der Waals surface area (Å²) in [6.07, 6.45) is 1.31. The van der Waals surface area contributed by atoms with Gasteiger partial charge in [0.05, 0.1) is 0 Å². The SMILES string of the molecule is Cc1cccc2cc(C(=O)NCCCCC(=O)O)oc12. The van der Waals surface area contributed by atoms with Gasteiger partial charge in [-0.05, 0) is 31.4 Å². The Morgan fingerprint density at radius 1 is 1.30 bits per heavy atom. The maximum Gasteiger partial charge on any atom is 0.303 e. The molecule has 5 nitrogen and oxygen atoms in total. The van der Waals surface area contributed by atoms with Crippen LogP contribution in [-0.2, 0) is 4.79 Å². The summed E-state index contributed by atoms with van der Waals surface area (Å²) in [5.74, 6) is -0.799. The molecule has 20 heavy (non-hydrogen) atoms. The van der Waals surface area contributed by atoms with E-state index in [-0.39, 0.29) is 18.1 Å². The number of carbonyl (C=O) groups excluding carboxylic acids is 1. The van der Waals surface area contributed by atoms with Crippen LogP contribution in [0.5, 0.6) is 0 Å². The number of carboxylic acid groups (broad SMARTS) is 1. The molecule has 0 unspecified atom stereocenters. The largest absolute Gasteiger partial charge is 0.481 e. The van der Waals surface area contributed by atoms with Crippen LogP contribution in [0.25, 0.3) is 11.0 Å². The van der Waals surface area contributed by atoms with Crippen molar-refractivity contribution in [1.29, 1.82) is 0 Å². The Balaban J connectivity index is 1.91. The van der Waals surface area contributed by atoms with Crippen molar-refractivity contribution in [1.82, 2.24) is 5.32 Å². The second-order valence-corrected chi connectivity index (χ2v) is 4.71. The number of carbonyl (C=O) groups is 2. The average Bonchev–Trinajstić information content (AvgIpc) is 2.83. The molecule has 1 aromatic heterocycles. The summed E-state index contributed by atoms with van der Waals surface area (Å²) < 4.78 is 5.55. The van der Waals surface area contributed by atoms with Crippen molar-refractivity contribution in [2.45, 2.75) is 26.2 Å². The van der Waals surface area contributed by atoms with Crippen molar-refractivity contribution in [3.8, 4) is 0 Å². The normalized spacial score (nSPS) is 10.7. The summed E-state index contributed by atoms with van der Waals surface area (Å²) in [5.41, 5.74) is 1.71. The highest BCUT2D eigenvalue weighted by atomic mass is 16.4. The molecule has 5 heteroatoms. The fraction of sp³-hybridized carbons (Fsp3) is 0.333. The van der Waals surface area contributed by atoms with Crippen LogP contribution in [0.15, 0.2) is 28.7 Å². The molecule has 0 atom stereocenters. The van der Waals surface area contributed by atoms with E-state index < -0.39 is 5.97 Å². The zero-order chi connectivity index (χ0) is 14.5. The Labute approximate surface area is 116 Å². The molecule has 2 N–H and O–H groups in total. The van der Waals surface area contributed by atoms with E-state index in [0.717, 1.165) is 16.5 Å². The average molecular weight is 275 g/mol. The first-order chi connectivity index (χ1) is 9.58. The summed E-state index contributed by atoms with van der Waals surface area (Å²) in [6.45, 7) is 2.38.